The summed E-state index contributed by atoms with van der Waals surface area (Å²) in [6.45, 7) is -0.00546. The van der Waals surface area contributed by atoms with Gasteiger partial charge in [0.25, 0.3) is 5.91 Å². The number of nitrogens with zero attached hydrogens (tertiary/aromatic N) is 1. The van der Waals surface area contributed by atoms with E-state index in [1.165, 1.54) is 11.0 Å². The highest BCUT2D eigenvalue weighted by molar-refractivity contribution is 9.10. The fourth-order valence-corrected chi connectivity index (χ4v) is 2.00. The lowest BCUT2D eigenvalue weighted by Gasteiger charge is -2.26. The zero-order chi connectivity index (χ0) is 13.3. The van der Waals surface area contributed by atoms with Crippen molar-refractivity contribution >= 4 is 21.8 Å². The first-order chi connectivity index (χ1) is 8.38. The zero-order valence-electron chi connectivity index (χ0n) is 9.13. The molecule has 1 aliphatic heterocycles. The Kier molecular flexibility index (Phi) is 3.52. The van der Waals surface area contributed by atoms with Gasteiger partial charge in [0, 0.05) is 18.7 Å². The van der Waals surface area contributed by atoms with E-state index in [0.717, 1.165) is 6.08 Å². The highest BCUT2D eigenvalue weighted by Gasteiger charge is 2.35. The zero-order valence-corrected chi connectivity index (χ0v) is 10.7. The third-order valence-corrected chi connectivity index (χ3v) is 3.07. The van der Waals surface area contributed by atoms with Crippen LogP contribution in [0.2, 0.25) is 0 Å². The average Bonchev–Trinajstić information content (AvgIpc) is 2.74. The quantitative estimate of drug-likeness (QED) is 0.742. The molecule has 0 saturated heterocycles. The minimum absolute atomic E-state index is 0.0441. The third kappa shape index (κ3) is 2.77. The lowest BCUT2D eigenvalue weighted by atomic mass is 10.1. The molecule has 0 aromatic carbocycles. The summed E-state index contributed by atoms with van der Waals surface area (Å²) in [7, 11) is 0. The molecule has 0 radical (unpaired) electrons. The van der Waals surface area contributed by atoms with Crippen molar-refractivity contribution in [1.82, 2.24) is 4.90 Å². The predicted octanol–water partition coefficient (Wildman–Crippen LogP) is 3.38. The van der Waals surface area contributed by atoms with Gasteiger partial charge in [-0.05, 0) is 34.5 Å². The normalized spacial score (nSPS) is 16.7. The average molecular weight is 324 g/mol. The molecule has 98 valence electrons. The minimum atomic E-state index is -4.30. The molecule has 0 fully saturated rings. The molecule has 7 heteroatoms. The highest BCUT2D eigenvalue weighted by atomic mass is 79.9. The summed E-state index contributed by atoms with van der Waals surface area (Å²) in [5.74, 6) is -0.288. The number of alkyl halides is 3. The topological polar surface area (TPSA) is 33.5 Å². The van der Waals surface area contributed by atoms with Crippen molar-refractivity contribution < 1.29 is 22.4 Å². The van der Waals surface area contributed by atoms with Gasteiger partial charge in [-0.25, -0.2) is 0 Å². The molecular formula is C11H9BrF3NO2. The Morgan fingerprint density at radius 2 is 2.11 bits per heavy atom. The van der Waals surface area contributed by atoms with Crippen molar-refractivity contribution in [3.8, 4) is 0 Å². The van der Waals surface area contributed by atoms with E-state index in [-0.39, 0.29) is 25.3 Å². The number of halogens is 4. The number of amides is 1. The Morgan fingerprint density at radius 3 is 2.56 bits per heavy atom. The van der Waals surface area contributed by atoms with E-state index >= 15 is 0 Å². The van der Waals surface area contributed by atoms with Gasteiger partial charge in [0.1, 0.15) is 0 Å². The fourth-order valence-electron chi connectivity index (χ4n) is 1.70. The standard InChI is InChI=1S/C11H9BrF3NO2/c12-9-2-1-8(18-9)10(17)16-5-3-7(4-6-16)11(13,14)15/h1-3H,4-6H2. The van der Waals surface area contributed by atoms with Gasteiger partial charge in [0.2, 0.25) is 0 Å². The highest BCUT2D eigenvalue weighted by Crippen LogP contribution is 2.30. The lowest BCUT2D eigenvalue weighted by Crippen LogP contribution is -2.36. The molecule has 18 heavy (non-hydrogen) atoms. The first-order valence-corrected chi connectivity index (χ1v) is 5.98. The molecule has 1 aliphatic rings. The Hall–Kier alpha value is -1.24. The maximum absolute atomic E-state index is 12.4. The lowest BCUT2D eigenvalue weighted by molar-refractivity contribution is -0.0957. The molecule has 0 atom stereocenters. The Balaban J connectivity index is 2.06. The van der Waals surface area contributed by atoms with Gasteiger partial charge in [-0.2, -0.15) is 13.2 Å². The summed E-state index contributed by atoms with van der Waals surface area (Å²) < 4.78 is 42.7. The molecular weight excluding hydrogens is 315 g/mol. The third-order valence-electron chi connectivity index (χ3n) is 2.64. The number of carbonyl (C=O) groups excluding carboxylic acids is 1. The number of furan rings is 1. The van der Waals surface area contributed by atoms with Crippen molar-refractivity contribution in [2.75, 3.05) is 13.1 Å². The minimum Gasteiger partial charge on any atom is -0.444 e. The van der Waals surface area contributed by atoms with Crippen LogP contribution in [0.25, 0.3) is 0 Å². The fraction of sp³-hybridized carbons (Fsp3) is 0.364. The number of hydrogen-bond donors (Lipinski definition) is 0. The monoisotopic (exact) mass is 323 g/mol. The molecule has 2 rings (SSSR count). The second-order valence-corrected chi connectivity index (χ2v) is 4.61. The van der Waals surface area contributed by atoms with Crippen molar-refractivity contribution in [3.63, 3.8) is 0 Å². The van der Waals surface area contributed by atoms with Crippen LogP contribution in [0.5, 0.6) is 0 Å². The molecule has 0 aliphatic carbocycles. The Bertz CT molecular complexity index is 493. The second kappa shape index (κ2) is 4.79. The van der Waals surface area contributed by atoms with Crippen molar-refractivity contribution in [2.24, 2.45) is 0 Å². The molecule has 3 nitrogen and oxygen atoms in total. The van der Waals surface area contributed by atoms with E-state index in [4.69, 9.17) is 4.42 Å². The molecule has 1 amide bonds. The van der Waals surface area contributed by atoms with Gasteiger partial charge in [-0.15, -0.1) is 0 Å². The van der Waals surface area contributed by atoms with Crippen LogP contribution < -0.4 is 0 Å². The predicted molar refractivity (Wildman–Crippen MR) is 61.1 cm³/mol. The van der Waals surface area contributed by atoms with E-state index in [1.807, 2.05) is 0 Å². The van der Waals surface area contributed by atoms with Crippen LogP contribution >= 0.6 is 15.9 Å². The van der Waals surface area contributed by atoms with Crippen LogP contribution in [0.1, 0.15) is 17.0 Å². The molecule has 1 aromatic rings. The summed E-state index contributed by atoms with van der Waals surface area (Å²) in [5.41, 5.74) is -0.577. The molecule has 0 bridgehead atoms. The van der Waals surface area contributed by atoms with Gasteiger partial charge in [0.05, 0.1) is 0 Å². The van der Waals surface area contributed by atoms with E-state index in [0.29, 0.717) is 4.67 Å². The van der Waals surface area contributed by atoms with Gasteiger partial charge in [-0.1, -0.05) is 6.08 Å². The SMILES string of the molecule is O=C(c1ccc(Br)o1)N1CC=C(C(F)(F)F)CC1. The smallest absolute Gasteiger partial charge is 0.412 e. The molecule has 0 spiro atoms. The van der Waals surface area contributed by atoms with E-state index in [1.54, 1.807) is 6.07 Å². The van der Waals surface area contributed by atoms with Gasteiger partial charge in [0.15, 0.2) is 10.4 Å². The van der Waals surface area contributed by atoms with Crippen LogP contribution in [0.15, 0.2) is 32.9 Å². The van der Waals surface area contributed by atoms with E-state index in [2.05, 4.69) is 15.9 Å². The van der Waals surface area contributed by atoms with Crippen LogP contribution in [0.4, 0.5) is 13.2 Å². The van der Waals surface area contributed by atoms with Crippen LogP contribution in [0.3, 0.4) is 0 Å². The summed E-state index contributed by atoms with van der Waals surface area (Å²) >= 11 is 3.06. The number of carbonyl (C=O) groups is 1. The summed E-state index contributed by atoms with van der Waals surface area (Å²) in [6, 6.07) is 3.05. The maximum Gasteiger partial charge on any atom is 0.412 e. The summed E-state index contributed by atoms with van der Waals surface area (Å²) in [5, 5.41) is 0. The van der Waals surface area contributed by atoms with Crippen LogP contribution in [-0.2, 0) is 0 Å². The molecule has 1 aromatic heterocycles. The summed E-state index contributed by atoms with van der Waals surface area (Å²) in [4.78, 5) is 13.2. The molecule has 2 heterocycles. The van der Waals surface area contributed by atoms with Gasteiger partial charge in [-0.3, -0.25) is 4.79 Å². The van der Waals surface area contributed by atoms with E-state index in [9.17, 15) is 18.0 Å². The number of hydrogen-bond acceptors (Lipinski definition) is 2. The Labute approximate surface area is 109 Å². The first-order valence-electron chi connectivity index (χ1n) is 5.19. The second-order valence-electron chi connectivity index (χ2n) is 3.83. The Morgan fingerprint density at radius 1 is 1.39 bits per heavy atom. The van der Waals surface area contributed by atoms with Crippen molar-refractivity contribution in [2.45, 2.75) is 12.6 Å². The molecule has 0 N–H and O–H groups in total. The largest absolute Gasteiger partial charge is 0.444 e. The number of rotatable bonds is 1. The van der Waals surface area contributed by atoms with Gasteiger partial charge < -0.3 is 9.32 Å². The maximum atomic E-state index is 12.4. The van der Waals surface area contributed by atoms with Gasteiger partial charge >= 0.3 is 6.18 Å². The first kappa shape index (κ1) is 13.2. The van der Waals surface area contributed by atoms with Crippen LogP contribution in [-0.4, -0.2) is 30.1 Å². The molecule has 0 saturated carbocycles. The molecule has 0 unspecified atom stereocenters. The van der Waals surface area contributed by atoms with Crippen LogP contribution in [0, 0.1) is 0 Å². The van der Waals surface area contributed by atoms with Crippen molar-refractivity contribution in [1.29, 1.82) is 0 Å². The summed E-state index contributed by atoms with van der Waals surface area (Å²) in [6.07, 6.45) is -3.45. The van der Waals surface area contributed by atoms with Crippen molar-refractivity contribution in [3.05, 3.63) is 34.2 Å². The van der Waals surface area contributed by atoms with E-state index < -0.39 is 17.7 Å².